The maximum Gasteiger partial charge on any atom is 2.00 e. The van der Waals surface area contributed by atoms with Crippen LogP contribution in [0.2, 0.25) is 0 Å². The zero-order valence-electron chi connectivity index (χ0n) is 28.5. The summed E-state index contributed by atoms with van der Waals surface area (Å²) in [4.78, 5) is 0. The fourth-order valence-electron chi connectivity index (χ4n) is 7.54. The van der Waals surface area contributed by atoms with Crippen LogP contribution >= 0.6 is 7.92 Å². The summed E-state index contributed by atoms with van der Waals surface area (Å²) < 4.78 is 0. The predicted octanol–water partition coefficient (Wildman–Crippen LogP) is 12.3. The monoisotopic (exact) mass is 702 g/mol. The summed E-state index contributed by atoms with van der Waals surface area (Å²) in [6.07, 6.45) is 15.5. The van der Waals surface area contributed by atoms with Crippen LogP contribution in [0.5, 0.6) is 0 Å². The van der Waals surface area contributed by atoms with Crippen LogP contribution in [0.1, 0.15) is 146 Å². The van der Waals surface area contributed by atoms with E-state index in [1.807, 2.05) is 24.3 Å². The van der Waals surface area contributed by atoms with E-state index in [0.29, 0.717) is 24.3 Å². The molecule has 0 aromatic heterocycles. The van der Waals surface area contributed by atoms with Crippen molar-refractivity contribution in [3.05, 3.63) is 94.7 Å². The molecule has 0 aliphatic heterocycles. The van der Waals surface area contributed by atoms with Gasteiger partial charge in [-0.3, -0.25) is 0 Å². The molecule has 0 unspecified atom stereocenters. The summed E-state index contributed by atoms with van der Waals surface area (Å²) >= 11 is 0. The standard InChI is InChI=1S/C33H49P.C8H9N.Pd/c1-23(2)26-21-30(24(3)4)33(31(22-26)25(5)6)29-19-13-14-20-32(29)34(27-15-9-7-10-16-27)28-17-11-8-12-18-28;9-7-6-8-4-2-1-3-5-8;/h13-14,19-25,27-28H,7-12,15-18H2,1-6H3;1-4,9H,6-7H2;/q;-2;+2/p+1. The number of hydrogen-bond acceptors (Lipinski definition) is 0. The minimum absolute atomic E-state index is 0. The van der Waals surface area contributed by atoms with Crippen molar-refractivity contribution in [2.45, 2.75) is 141 Å². The Labute approximate surface area is 286 Å². The Kier molecular flexibility index (Phi) is 15.8. The number of rotatable bonds is 9. The van der Waals surface area contributed by atoms with Gasteiger partial charge in [-0.1, -0.05) is 91.1 Å². The fourth-order valence-corrected chi connectivity index (χ4v) is 12.0. The zero-order chi connectivity index (χ0) is 30.8. The minimum Gasteiger partial charge on any atom is -0.677 e. The normalized spacial score (nSPS) is 16.2. The van der Waals surface area contributed by atoms with E-state index in [1.165, 1.54) is 69.8 Å². The van der Waals surface area contributed by atoms with Gasteiger partial charge >= 0.3 is 20.4 Å². The molecule has 2 saturated carbocycles. The largest absolute Gasteiger partial charge is 2.00 e. The van der Waals surface area contributed by atoms with E-state index in [0.717, 1.165) is 23.3 Å². The van der Waals surface area contributed by atoms with Gasteiger partial charge in [0.05, 0.1) is 16.6 Å². The predicted molar refractivity (Wildman–Crippen MR) is 194 cm³/mol. The molecule has 2 aliphatic carbocycles. The molecule has 1 N–H and O–H groups in total. The van der Waals surface area contributed by atoms with E-state index in [4.69, 9.17) is 5.73 Å². The number of hydrogen-bond donors (Lipinski definition) is 0. The Morgan fingerprint density at radius 3 is 1.68 bits per heavy atom. The van der Waals surface area contributed by atoms with Crippen molar-refractivity contribution in [3.63, 3.8) is 0 Å². The van der Waals surface area contributed by atoms with Gasteiger partial charge in [0.1, 0.15) is 0 Å². The summed E-state index contributed by atoms with van der Waals surface area (Å²) in [7, 11) is -0.610. The quantitative estimate of drug-likeness (QED) is 0.120. The Morgan fingerprint density at radius 1 is 0.705 bits per heavy atom. The first-order chi connectivity index (χ1) is 20.8. The van der Waals surface area contributed by atoms with Crippen LogP contribution in [-0.4, -0.2) is 17.9 Å². The van der Waals surface area contributed by atoms with Crippen LogP contribution in [0.15, 0.2) is 60.7 Å². The molecule has 0 radical (unpaired) electrons. The van der Waals surface area contributed by atoms with Crippen LogP contribution in [0.4, 0.5) is 0 Å². The van der Waals surface area contributed by atoms with Crippen LogP contribution in [0.25, 0.3) is 16.9 Å². The Bertz CT molecular complexity index is 1190. The van der Waals surface area contributed by atoms with Crippen LogP contribution in [0, 0.1) is 6.07 Å². The third-order valence-electron chi connectivity index (χ3n) is 9.90. The van der Waals surface area contributed by atoms with Gasteiger partial charge in [0.15, 0.2) is 0 Å². The second-order valence-electron chi connectivity index (χ2n) is 14.1. The van der Waals surface area contributed by atoms with Crippen LogP contribution in [-0.2, 0) is 26.8 Å². The molecule has 2 fully saturated rings. The van der Waals surface area contributed by atoms with E-state index < -0.39 is 7.92 Å². The Morgan fingerprint density at radius 2 is 1.23 bits per heavy atom. The summed E-state index contributed by atoms with van der Waals surface area (Å²) in [5.74, 6) is 1.65. The topological polar surface area (TPSA) is 23.8 Å². The molecule has 3 aromatic rings. The van der Waals surface area contributed by atoms with Crippen molar-refractivity contribution in [2.24, 2.45) is 0 Å². The third-order valence-corrected chi connectivity index (χ3v) is 13.9. The number of benzene rings is 3. The molecular formula is C41H59NPPd+. The van der Waals surface area contributed by atoms with Gasteiger partial charge in [0.25, 0.3) is 0 Å². The van der Waals surface area contributed by atoms with Gasteiger partial charge in [-0.25, -0.2) is 0 Å². The van der Waals surface area contributed by atoms with Crippen molar-refractivity contribution in [2.75, 3.05) is 6.54 Å². The maximum atomic E-state index is 6.92. The van der Waals surface area contributed by atoms with Crippen molar-refractivity contribution in [1.29, 1.82) is 0 Å². The van der Waals surface area contributed by atoms with Crippen LogP contribution < -0.4 is 5.30 Å². The summed E-state index contributed by atoms with van der Waals surface area (Å²) in [5.41, 5.74) is 17.9. The van der Waals surface area contributed by atoms with E-state index >= 15 is 0 Å². The first-order valence-electron chi connectivity index (χ1n) is 17.6. The summed E-state index contributed by atoms with van der Waals surface area (Å²) in [6, 6.07) is 25.7. The van der Waals surface area contributed by atoms with Crippen molar-refractivity contribution < 1.29 is 20.4 Å². The van der Waals surface area contributed by atoms with Crippen molar-refractivity contribution in [1.82, 2.24) is 0 Å². The number of nitrogens with one attached hydrogen (secondary N) is 1. The van der Waals surface area contributed by atoms with Gasteiger partial charge in [0, 0.05) is 13.5 Å². The smallest absolute Gasteiger partial charge is 0.677 e. The Balaban J connectivity index is 0.000000455. The fraction of sp³-hybridized carbons (Fsp3) is 0.561. The van der Waals surface area contributed by atoms with Gasteiger partial charge in [-0.15, -0.1) is 6.54 Å². The molecule has 3 heteroatoms. The average Bonchev–Trinajstić information content (AvgIpc) is 3.03. The van der Waals surface area contributed by atoms with Gasteiger partial charge in [0.2, 0.25) is 0 Å². The molecule has 1 nitrogen and oxygen atoms in total. The SMILES string of the molecule is CC(C)c1cc(C(C)C)c(-c2ccccc2[PH+](C2CCCCC2)C2CCCCC2)c(C(C)C)c1.[NH-]CCc1[c-]cccc1.[Pd+2]. The molecule has 0 amide bonds. The van der Waals surface area contributed by atoms with Crippen molar-refractivity contribution >= 4 is 13.2 Å². The van der Waals surface area contributed by atoms with Gasteiger partial charge in [-0.2, -0.15) is 35.9 Å². The molecule has 5 rings (SSSR count). The molecule has 0 heterocycles. The molecule has 242 valence electrons. The van der Waals surface area contributed by atoms with Crippen molar-refractivity contribution in [3.8, 4) is 11.1 Å². The molecule has 44 heavy (non-hydrogen) atoms. The molecule has 2 aliphatic rings. The maximum absolute atomic E-state index is 6.92. The zero-order valence-corrected chi connectivity index (χ0v) is 31.0. The molecule has 3 aromatic carbocycles. The summed E-state index contributed by atoms with van der Waals surface area (Å²) in [6.45, 7) is 14.8. The van der Waals surface area contributed by atoms with E-state index in [1.54, 1.807) is 27.6 Å². The molecule has 0 bridgehead atoms. The van der Waals surface area contributed by atoms with E-state index in [2.05, 4.69) is 84.0 Å². The molecule has 0 spiro atoms. The average molecular weight is 703 g/mol. The van der Waals surface area contributed by atoms with Crippen LogP contribution in [0.3, 0.4) is 0 Å². The summed E-state index contributed by atoms with van der Waals surface area (Å²) in [5, 5.41) is 1.78. The second kappa shape index (κ2) is 18.8. The van der Waals surface area contributed by atoms with E-state index in [-0.39, 0.29) is 20.4 Å². The molecular weight excluding hydrogens is 644 g/mol. The van der Waals surface area contributed by atoms with Gasteiger partial charge < -0.3 is 5.73 Å². The van der Waals surface area contributed by atoms with E-state index in [9.17, 15) is 0 Å². The first kappa shape index (κ1) is 37.2. The second-order valence-corrected chi connectivity index (χ2v) is 17.2. The Hall–Kier alpha value is -1.29. The first-order valence-corrected chi connectivity index (χ1v) is 19.2. The third kappa shape index (κ3) is 9.86. The van der Waals surface area contributed by atoms with Gasteiger partial charge in [-0.05, 0) is 97.4 Å². The molecule has 0 atom stereocenters. The molecule has 0 saturated heterocycles. The minimum atomic E-state index is -0.610.